The maximum absolute atomic E-state index is 13.0. The molecule has 0 bridgehead atoms. The molecule has 0 atom stereocenters. The van der Waals surface area contributed by atoms with Crippen molar-refractivity contribution >= 4 is 79.2 Å². The van der Waals surface area contributed by atoms with E-state index in [2.05, 4.69) is 15.9 Å². The summed E-state index contributed by atoms with van der Waals surface area (Å²) in [6, 6.07) is 5.10. The lowest BCUT2D eigenvalue weighted by Gasteiger charge is -2.14. The molecule has 3 amide bonds. The second kappa shape index (κ2) is 8.76. The van der Waals surface area contributed by atoms with Crippen molar-refractivity contribution in [3.05, 3.63) is 33.1 Å². The highest BCUT2D eigenvalue weighted by molar-refractivity contribution is 9.10. The van der Waals surface area contributed by atoms with Crippen LogP contribution in [0.5, 0.6) is 0 Å². The molecule has 0 aromatic heterocycles. The molecule has 2 aliphatic rings. The van der Waals surface area contributed by atoms with Gasteiger partial charge in [0, 0.05) is 29.9 Å². The van der Waals surface area contributed by atoms with Crippen LogP contribution in [0.1, 0.15) is 38.2 Å². The zero-order valence-corrected chi connectivity index (χ0v) is 18.7. The van der Waals surface area contributed by atoms with Crippen molar-refractivity contribution in [2.75, 3.05) is 11.4 Å². The Morgan fingerprint density at radius 1 is 1.17 bits per heavy atom. The maximum atomic E-state index is 13.0. The fourth-order valence-corrected chi connectivity index (χ4v) is 4.98. The molecule has 0 aliphatic carbocycles. The summed E-state index contributed by atoms with van der Waals surface area (Å²) in [5.41, 5.74) is 1.14. The van der Waals surface area contributed by atoms with Gasteiger partial charge in [0.05, 0.1) is 16.2 Å². The molecule has 29 heavy (non-hydrogen) atoms. The molecule has 1 aromatic rings. The number of aliphatic carboxylic acids is 1. The number of amides is 3. The van der Waals surface area contributed by atoms with Gasteiger partial charge < -0.3 is 5.11 Å². The van der Waals surface area contributed by atoms with E-state index in [0.717, 1.165) is 21.1 Å². The monoisotopic (exact) mass is 496 g/mol. The highest BCUT2D eigenvalue weighted by atomic mass is 79.9. The van der Waals surface area contributed by atoms with Gasteiger partial charge in [-0.25, -0.2) is 4.90 Å². The van der Waals surface area contributed by atoms with Gasteiger partial charge in [0.1, 0.15) is 4.32 Å². The van der Waals surface area contributed by atoms with Gasteiger partial charge in [-0.05, 0) is 31.0 Å². The van der Waals surface area contributed by atoms with E-state index >= 15 is 0 Å². The zero-order chi connectivity index (χ0) is 21.3. The van der Waals surface area contributed by atoms with Crippen LogP contribution in [0, 0.1) is 0 Å². The first-order chi connectivity index (χ1) is 13.7. The number of carbonyl (C=O) groups excluding carboxylic acids is 3. The topological polar surface area (TPSA) is 95.0 Å². The zero-order valence-electron chi connectivity index (χ0n) is 15.4. The van der Waals surface area contributed by atoms with Gasteiger partial charge in [0.25, 0.3) is 11.8 Å². The van der Waals surface area contributed by atoms with Gasteiger partial charge in [-0.15, -0.1) is 0 Å². The number of nitrogens with zero attached hydrogens (tertiary/aromatic N) is 2. The number of thioether (sulfide) groups is 1. The number of carboxylic acid groups (broad SMARTS) is 1. The minimum Gasteiger partial charge on any atom is -0.481 e. The van der Waals surface area contributed by atoms with Crippen LogP contribution >= 0.6 is 39.9 Å². The van der Waals surface area contributed by atoms with E-state index in [1.54, 1.807) is 18.2 Å². The molecule has 0 unspecified atom stereocenters. The van der Waals surface area contributed by atoms with E-state index in [9.17, 15) is 19.2 Å². The molecular weight excluding hydrogens is 480 g/mol. The number of carboxylic acids is 1. The van der Waals surface area contributed by atoms with Gasteiger partial charge in [-0.3, -0.25) is 24.1 Å². The first-order valence-electron chi connectivity index (χ1n) is 8.87. The Morgan fingerprint density at radius 3 is 2.55 bits per heavy atom. The number of carbonyl (C=O) groups is 4. The summed E-state index contributed by atoms with van der Waals surface area (Å²) in [5, 5.41) is 8.69. The molecule has 10 heteroatoms. The summed E-state index contributed by atoms with van der Waals surface area (Å²) in [4.78, 5) is 51.3. The molecule has 0 spiro atoms. The number of anilines is 1. The molecule has 3 rings (SSSR count). The van der Waals surface area contributed by atoms with Crippen LogP contribution in [0.25, 0.3) is 5.57 Å². The molecule has 1 N–H and O–H groups in total. The summed E-state index contributed by atoms with van der Waals surface area (Å²) in [7, 11) is 0. The Hall–Kier alpha value is -2.04. The number of benzene rings is 1. The largest absolute Gasteiger partial charge is 0.481 e. The first-order valence-corrected chi connectivity index (χ1v) is 10.9. The molecule has 0 saturated carbocycles. The quantitative estimate of drug-likeness (QED) is 0.365. The van der Waals surface area contributed by atoms with Crippen molar-refractivity contribution < 1.29 is 24.3 Å². The molecule has 7 nitrogen and oxygen atoms in total. The van der Waals surface area contributed by atoms with Crippen LogP contribution < -0.4 is 4.90 Å². The summed E-state index contributed by atoms with van der Waals surface area (Å²) >= 11 is 9.76. The minimum atomic E-state index is -0.847. The third kappa shape index (κ3) is 4.29. The Morgan fingerprint density at radius 2 is 1.90 bits per heavy atom. The Balaban J connectivity index is 1.87. The van der Waals surface area contributed by atoms with Crippen LogP contribution in [0.3, 0.4) is 0 Å². The average Bonchev–Trinajstić information content (AvgIpc) is 3.07. The molecule has 1 fully saturated rings. The molecule has 152 valence electrons. The SMILES string of the molecule is CC(=O)N1C(=O)/C(=C2\SC(=S)N(CCCCCC(=O)O)C2=O)c2cc(Br)ccc21. The number of fused-ring (bicyclic) bond motifs is 1. The van der Waals surface area contributed by atoms with Crippen molar-refractivity contribution in [3.8, 4) is 0 Å². The van der Waals surface area contributed by atoms with Crippen LogP contribution in [-0.2, 0) is 19.2 Å². The number of unbranched alkanes of at least 4 members (excludes halogenated alkanes) is 2. The Bertz CT molecular complexity index is 975. The van der Waals surface area contributed by atoms with Crippen molar-refractivity contribution in [2.24, 2.45) is 0 Å². The van der Waals surface area contributed by atoms with E-state index < -0.39 is 17.8 Å². The van der Waals surface area contributed by atoms with Crippen LogP contribution in [0.4, 0.5) is 5.69 Å². The summed E-state index contributed by atoms with van der Waals surface area (Å²) < 4.78 is 1.07. The van der Waals surface area contributed by atoms with E-state index in [-0.39, 0.29) is 22.8 Å². The van der Waals surface area contributed by atoms with Crippen LogP contribution in [0.15, 0.2) is 27.6 Å². The summed E-state index contributed by atoms with van der Waals surface area (Å²) in [6.07, 6.45) is 1.88. The smallest absolute Gasteiger partial charge is 0.303 e. The van der Waals surface area contributed by atoms with Gasteiger partial charge >= 0.3 is 5.97 Å². The number of hydrogen-bond acceptors (Lipinski definition) is 6. The Kier molecular flexibility index (Phi) is 6.55. The lowest BCUT2D eigenvalue weighted by molar-refractivity contribution is -0.137. The van der Waals surface area contributed by atoms with Gasteiger partial charge in [0.2, 0.25) is 5.91 Å². The molecule has 2 aliphatic heterocycles. The van der Waals surface area contributed by atoms with E-state index in [4.69, 9.17) is 17.3 Å². The van der Waals surface area contributed by atoms with Crippen molar-refractivity contribution in [3.63, 3.8) is 0 Å². The average molecular weight is 497 g/mol. The molecule has 0 radical (unpaired) electrons. The van der Waals surface area contributed by atoms with Gasteiger partial charge in [-0.1, -0.05) is 46.3 Å². The van der Waals surface area contributed by atoms with E-state index in [1.165, 1.54) is 11.8 Å². The van der Waals surface area contributed by atoms with Crippen LogP contribution in [0.2, 0.25) is 0 Å². The Labute approximate surface area is 185 Å². The standard InChI is InChI=1S/C19H17BrN2O5S2/c1-10(23)22-13-7-6-11(20)9-12(13)15(17(22)26)16-18(27)21(19(28)29-16)8-4-2-3-5-14(24)25/h6-7,9H,2-5,8H2,1H3,(H,24,25)/b16-15-. The second-order valence-corrected chi connectivity index (χ2v) is 9.11. The fourth-order valence-electron chi connectivity index (χ4n) is 3.24. The number of rotatable bonds is 6. The highest BCUT2D eigenvalue weighted by Gasteiger charge is 2.43. The predicted molar refractivity (Wildman–Crippen MR) is 117 cm³/mol. The number of imide groups is 1. The van der Waals surface area contributed by atoms with Crippen molar-refractivity contribution in [2.45, 2.75) is 32.6 Å². The number of halogens is 1. The minimum absolute atomic E-state index is 0.0868. The molecule has 1 aromatic carbocycles. The summed E-state index contributed by atoms with van der Waals surface area (Å²) in [5.74, 6) is -2.17. The number of hydrogen-bond donors (Lipinski definition) is 1. The van der Waals surface area contributed by atoms with E-state index in [0.29, 0.717) is 41.4 Å². The summed E-state index contributed by atoms with van der Waals surface area (Å²) in [6.45, 7) is 1.66. The van der Waals surface area contributed by atoms with Crippen LogP contribution in [-0.4, -0.2) is 44.6 Å². The lowest BCUT2D eigenvalue weighted by atomic mass is 10.1. The maximum Gasteiger partial charge on any atom is 0.303 e. The van der Waals surface area contributed by atoms with Gasteiger partial charge in [-0.2, -0.15) is 0 Å². The fraction of sp³-hybridized carbons (Fsp3) is 0.316. The highest BCUT2D eigenvalue weighted by Crippen LogP contribution is 2.45. The van der Waals surface area contributed by atoms with E-state index in [1.807, 2.05) is 0 Å². The van der Waals surface area contributed by atoms with Crippen molar-refractivity contribution in [1.29, 1.82) is 0 Å². The molecule has 2 heterocycles. The lowest BCUT2D eigenvalue weighted by Crippen LogP contribution is -2.32. The van der Waals surface area contributed by atoms with Gasteiger partial charge in [0.15, 0.2) is 0 Å². The third-order valence-corrected chi connectivity index (χ3v) is 6.49. The third-order valence-electron chi connectivity index (χ3n) is 4.55. The second-order valence-electron chi connectivity index (χ2n) is 6.55. The normalized spacial score (nSPS) is 18.6. The molecular formula is C19H17BrN2O5S2. The molecule has 1 saturated heterocycles. The van der Waals surface area contributed by atoms with Crippen molar-refractivity contribution in [1.82, 2.24) is 4.90 Å². The number of thiocarbonyl (C=S) groups is 1. The predicted octanol–water partition coefficient (Wildman–Crippen LogP) is 3.56. The first kappa shape index (κ1) is 21.7.